The number of nitrogens with zero attached hydrogens (tertiary/aromatic N) is 3. The molecule has 1 fully saturated rings. The Hall–Kier alpha value is -4.08. The standard InChI is InChI=1S/C20H23N3OS.C11H11N3O/c1-20(6-2-3-7-20)15-4-5-16-13(11-15)10-14-12-17(25-19(14)23-16)18(24)22-9-8-21;1-14-8-7-10(13-14)11(15)12-9-5-3-2-4-6-9/h4-5,10-12H,2-3,6-9,21H2,1H3,(H,22,24);2-8H,1H3,(H,12,15). The molecule has 0 radical (unpaired) electrons. The van der Waals surface area contributed by atoms with Gasteiger partial charge in [0.05, 0.1) is 10.4 Å². The smallest absolute Gasteiger partial charge is 0.276 e. The summed E-state index contributed by atoms with van der Waals surface area (Å²) in [5.41, 5.74) is 9.34. The predicted octanol–water partition coefficient (Wildman–Crippen LogP) is 5.64. The molecule has 6 rings (SSSR count). The van der Waals surface area contributed by atoms with Crippen molar-refractivity contribution < 1.29 is 9.59 Å². The van der Waals surface area contributed by atoms with Crippen molar-refractivity contribution in [2.24, 2.45) is 12.8 Å². The molecule has 0 saturated heterocycles. The number of anilines is 1. The Morgan fingerprint density at radius 2 is 1.77 bits per heavy atom. The molecular weight excluding hydrogens is 520 g/mol. The van der Waals surface area contributed by atoms with E-state index in [1.54, 1.807) is 24.0 Å². The number of hydrogen-bond acceptors (Lipinski definition) is 6. The van der Waals surface area contributed by atoms with Crippen LogP contribution >= 0.6 is 11.3 Å². The number of para-hydroxylation sites is 1. The van der Waals surface area contributed by atoms with Crippen LogP contribution in [0.2, 0.25) is 0 Å². The van der Waals surface area contributed by atoms with Gasteiger partial charge in [0.1, 0.15) is 4.83 Å². The minimum Gasteiger partial charge on any atom is -0.350 e. The van der Waals surface area contributed by atoms with Gasteiger partial charge in [-0.3, -0.25) is 14.3 Å². The van der Waals surface area contributed by atoms with Crippen molar-refractivity contribution in [3.63, 3.8) is 0 Å². The number of aromatic nitrogens is 3. The highest BCUT2D eigenvalue weighted by Gasteiger charge is 2.30. The molecule has 2 amide bonds. The van der Waals surface area contributed by atoms with Gasteiger partial charge < -0.3 is 16.4 Å². The van der Waals surface area contributed by atoms with Crippen LogP contribution in [-0.4, -0.2) is 39.7 Å². The van der Waals surface area contributed by atoms with E-state index >= 15 is 0 Å². The average Bonchev–Trinajstić information content (AvgIpc) is 3.71. The summed E-state index contributed by atoms with van der Waals surface area (Å²) in [7, 11) is 1.78. The molecule has 2 aromatic carbocycles. The lowest BCUT2D eigenvalue weighted by Crippen LogP contribution is -2.28. The second-order valence-electron chi connectivity index (χ2n) is 10.4. The number of fused-ring (bicyclic) bond motifs is 2. The third kappa shape index (κ3) is 6.21. The number of carbonyl (C=O) groups excluding carboxylic acids is 2. The third-order valence-electron chi connectivity index (χ3n) is 7.34. The lowest BCUT2D eigenvalue weighted by Gasteiger charge is -2.24. The summed E-state index contributed by atoms with van der Waals surface area (Å²) < 4.78 is 1.60. The first-order chi connectivity index (χ1) is 19.3. The molecule has 1 aliphatic carbocycles. The lowest BCUT2D eigenvalue weighted by molar-refractivity contribution is 0.0957. The highest BCUT2D eigenvalue weighted by molar-refractivity contribution is 7.20. The first-order valence-corrected chi connectivity index (χ1v) is 14.4. The van der Waals surface area contributed by atoms with Crippen molar-refractivity contribution in [2.75, 3.05) is 18.4 Å². The van der Waals surface area contributed by atoms with E-state index in [0.717, 1.165) is 26.8 Å². The van der Waals surface area contributed by atoms with Crippen molar-refractivity contribution in [1.82, 2.24) is 20.1 Å². The van der Waals surface area contributed by atoms with Crippen LogP contribution in [0.4, 0.5) is 5.69 Å². The maximum Gasteiger partial charge on any atom is 0.276 e. The summed E-state index contributed by atoms with van der Waals surface area (Å²) in [4.78, 5) is 30.2. The van der Waals surface area contributed by atoms with Crippen LogP contribution in [0.1, 0.15) is 58.3 Å². The molecule has 1 aliphatic rings. The van der Waals surface area contributed by atoms with E-state index < -0.39 is 0 Å². The van der Waals surface area contributed by atoms with E-state index in [9.17, 15) is 9.59 Å². The number of hydrogen-bond donors (Lipinski definition) is 3. The number of benzene rings is 2. The summed E-state index contributed by atoms with van der Waals surface area (Å²) in [5.74, 6) is -0.265. The van der Waals surface area contributed by atoms with E-state index in [0.29, 0.717) is 29.1 Å². The molecule has 3 aromatic heterocycles. The number of amides is 2. The van der Waals surface area contributed by atoms with E-state index in [-0.39, 0.29) is 11.8 Å². The van der Waals surface area contributed by atoms with E-state index in [2.05, 4.69) is 46.9 Å². The van der Waals surface area contributed by atoms with Crippen LogP contribution in [0.25, 0.3) is 21.1 Å². The summed E-state index contributed by atoms with van der Waals surface area (Å²) in [6.07, 6.45) is 6.89. The quantitative estimate of drug-likeness (QED) is 0.251. The maximum atomic E-state index is 12.2. The normalized spacial score (nSPS) is 14.1. The first kappa shape index (κ1) is 27.5. The highest BCUT2D eigenvalue weighted by Crippen LogP contribution is 2.41. The summed E-state index contributed by atoms with van der Waals surface area (Å²) >= 11 is 1.44. The average molecular weight is 555 g/mol. The second-order valence-corrected chi connectivity index (χ2v) is 11.4. The molecule has 40 heavy (non-hydrogen) atoms. The second kappa shape index (κ2) is 12.0. The summed E-state index contributed by atoms with van der Waals surface area (Å²) in [5, 5.41) is 11.8. The number of aryl methyl sites for hydroxylation is 1. The largest absolute Gasteiger partial charge is 0.350 e. The van der Waals surface area contributed by atoms with Crippen LogP contribution in [0, 0.1) is 0 Å². The Morgan fingerprint density at radius 3 is 2.48 bits per heavy atom. The monoisotopic (exact) mass is 554 g/mol. The molecule has 9 heteroatoms. The summed E-state index contributed by atoms with van der Waals surface area (Å²) in [6.45, 7) is 3.31. The molecule has 206 valence electrons. The molecule has 0 aliphatic heterocycles. The Balaban J connectivity index is 0.000000184. The van der Waals surface area contributed by atoms with Gasteiger partial charge in [-0.1, -0.05) is 44.0 Å². The molecule has 0 bridgehead atoms. The number of pyridine rings is 1. The van der Waals surface area contributed by atoms with E-state index in [1.165, 1.54) is 42.6 Å². The fourth-order valence-electron chi connectivity index (χ4n) is 5.09. The van der Waals surface area contributed by atoms with Crippen molar-refractivity contribution in [2.45, 2.75) is 38.0 Å². The minimum absolute atomic E-state index is 0.0725. The SMILES string of the molecule is CC1(c2ccc3nc4sc(C(=O)NCCN)cc4cc3c2)CCCC1.Cn1ccc(C(=O)Nc2ccccc2)n1. The number of thiophene rings is 1. The molecule has 0 unspecified atom stereocenters. The van der Waals surface area contributed by atoms with Crippen LogP contribution in [0.15, 0.2) is 72.9 Å². The number of rotatable bonds is 6. The summed E-state index contributed by atoms with van der Waals surface area (Å²) in [6, 6.07) is 21.7. The zero-order chi connectivity index (χ0) is 28.1. The Labute approximate surface area is 237 Å². The Bertz CT molecular complexity index is 1640. The van der Waals surface area contributed by atoms with Crippen molar-refractivity contribution >= 4 is 50.0 Å². The predicted molar refractivity (Wildman–Crippen MR) is 162 cm³/mol. The zero-order valence-electron chi connectivity index (χ0n) is 22.8. The molecule has 8 nitrogen and oxygen atoms in total. The molecule has 0 spiro atoms. The van der Waals surface area contributed by atoms with Gasteiger partial charge in [0.15, 0.2) is 5.69 Å². The van der Waals surface area contributed by atoms with Crippen molar-refractivity contribution in [1.29, 1.82) is 0 Å². The van der Waals surface area contributed by atoms with Gasteiger partial charge in [0, 0.05) is 42.8 Å². The zero-order valence-corrected chi connectivity index (χ0v) is 23.6. The van der Waals surface area contributed by atoms with Crippen LogP contribution in [0.5, 0.6) is 0 Å². The van der Waals surface area contributed by atoms with Gasteiger partial charge in [-0.25, -0.2) is 4.98 Å². The topological polar surface area (TPSA) is 115 Å². The van der Waals surface area contributed by atoms with Crippen LogP contribution in [-0.2, 0) is 12.5 Å². The highest BCUT2D eigenvalue weighted by atomic mass is 32.1. The van der Waals surface area contributed by atoms with Gasteiger partial charge in [-0.2, -0.15) is 5.10 Å². The number of nitrogens with one attached hydrogen (secondary N) is 2. The van der Waals surface area contributed by atoms with Crippen LogP contribution < -0.4 is 16.4 Å². The van der Waals surface area contributed by atoms with Gasteiger partial charge in [-0.15, -0.1) is 11.3 Å². The lowest BCUT2D eigenvalue weighted by atomic mass is 9.80. The van der Waals surface area contributed by atoms with Gasteiger partial charge >= 0.3 is 0 Å². The fourth-order valence-corrected chi connectivity index (χ4v) is 6.03. The molecular formula is C31H34N6O2S. The molecule has 0 atom stereocenters. The molecule has 4 N–H and O–H groups in total. The van der Waals surface area contributed by atoms with Crippen molar-refractivity contribution in [3.8, 4) is 0 Å². The molecule has 5 aromatic rings. The third-order valence-corrected chi connectivity index (χ3v) is 8.38. The maximum absolute atomic E-state index is 12.2. The van der Waals surface area contributed by atoms with Crippen LogP contribution in [0.3, 0.4) is 0 Å². The van der Waals surface area contributed by atoms with Gasteiger partial charge in [0.2, 0.25) is 0 Å². The first-order valence-electron chi connectivity index (χ1n) is 13.5. The van der Waals surface area contributed by atoms with E-state index in [4.69, 9.17) is 10.7 Å². The number of carbonyl (C=O) groups is 2. The minimum atomic E-state index is -0.193. The van der Waals surface area contributed by atoms with Crippen molar-refractivity contribution in [3.05, 3.63) is 89.1 Å². The molecule has 1 saturated carbocycles. The van der Waals surface area contributed by atoms with E-state index in [1.807, 2.05) is 36.4 Å². The van der Waals surface area contributed by atoms with Gasteiger partial charge in [0.25, 0.3) is 11.8 Å². The molecule has 3 heterocycles. The Morgan fingerprint density at radius 1 is 1.00 bits per heavy atom. The fraction of sp³-hybridized carbons (Fsp3) is 0.290. The van der Waals surface area contributed by atoms with Gasteiger partial charge in [-0.05, 0) is 66.3 Å². The Kier molecular flexibility index (Phi) is 8.23. The number of nitrogens with two attached hydrogens (primary N) is 1.